The zero-order valence-electron chi connectivity index (χ0n) is 12.5. The van der Waals surface area contributed by atoms with E-state index in [-0.39, 0.29) is 0 Å². The molecule has 114 valence electrons. The summed E-state index contributed by atoms with van der Waals surface area (Å²) in [5, 5.41) is 6.34. The van der Waals surface area contributed by atoms with Gasteiger partial charge in [0, 0.05) is 30.1 Å². The van der Waals surface area contributed by atoms with Crippen LogP contribution in [0.25, 0.3) is 0 Å². The van der Waals surface area contributed by atoms with Crippen molar-refractivity contribution in [1.29, 1.82) is 0 Å². The van der Waals surface area contributed by atoms with Crippen molar-refractivity contribution in [3.05, 3.63) is 34.3 Å². The van der Waals surface area contributed by atoms with Gasteiger partial charge in [-0.25, -0.2) is 4.98 Å². The molecule has 2 rings (SSSR count). The third-order valence-corrected chi connectivity index (χ3v) is 3.73. The van der Waals surface area contributed by atoms with Gasteiger partial charge in [-0.05, 0) is 6.54 Å². The molecule has 0 aliphatic rings. The number of nitrogens with one attached hydrogen (secondary N) is 1. The first-order chi connectivity index (χ1) is 10.2. The average molecular weight is 308 g/mol. The highest BCUT2D eigenvalue weighted by Gasteiger charge is 2.06. The maximum absolute atomic E-state index is 5.76. The topological polar surface area (TPSA) is 52.6 Å². The molecule has 1 aromatic heterocycles. The van der Waals surface area contributed by atoms with Crippen LogP contribution in [0, 0.1) is 0 Å². The van der Waals surface area contributed by atoms with Gasteiger partial charge in [-0.1, -0.05) is 6.92 Å². The van der Waals surface area contributed by atoms with Gasteiger partial charge in [-0.2, -0.15) is 0 Å². The van der Waals surface area contributed by atoms with E-state index >= 15 is 0 Å². The Kier molecular flexibility index (Phi) is 5.83. The first-order valence-electron chi connectivity index (χ1n) is 6.75. The lowest BCUT2D eigenvalue weighted by Gasteiger charge is -2.09. The van der Waals surface area contributed by atoms with Crippen molar-refractivity contribution in [2.45, 2.75) is 20.1 Å². The second-order valence-electron chi connectivity index (χ2n) is 4.35. The Morgan fingerprint density at radius 1 is 1.10 bits per heavy atom. The predicted molar refractivity (Wildman–Crippen MR) is 83.4 cm³/mol. The van der Waals surface area contributed by atoms with E-state index in [2.05, 4.69) is 17.2 Å². The van der Waals surface area contributed by atoms with Gasteiger partial charge < -0.3 is 19.5 Å². The van der Waals surface area contributed by atoms with Crippen molar-refractivity contribution in [3.63, 3.8) is 0 Å². The van der Waals surface area contributed by atoms with Crippen molar-refractivity contribution < 1.29 is 14.2 Å². The molecule has 2 aromatic rings. The van der Waals surface area contributed by atoms with E-state index in [0.29, 0.717) is 23.9 Å². The molecule has 0 saturated heterocycles. The highest BCUT2D eigenvalue weighted by molar-refractivity contribution is 7.09. The number of ether oxygens (including phenoxy) is 3. The lowest BCUT2D eigenvalue weighted by atomic mass is 10.3. The molecular formula is C15H20N2O3S. The van der Waals surface area contributed by atoms with Gasteiger partial charge in [-0.15, -0.1) is 11.3 Å². The number of benzene rings is 1. The SMILES string of the molecule is CCNCc1nc(COc2cc(OC)cc(OC)c2)cs1. The number of hydrogen-bond donors (Lipinski definition) is 1. The number of nitrogens with zero attached hydrogens (tertiary/aromatic N) is 1. The number of hydrogen-bond acceptors (Lipinski definition) is 6. The van der Waals surface area contributed by atoms with Crippen molar-refractivity contribution in [2.24, 2.45) is 0 Å². The fourth-order valence-corrected chi connectivity index (χ4v) is 2.50. The molecule has 21 heavy (non-hydrogen) atoms. The molecule has 0 aliphatic heterocycles. The van der Waals surface area contributed by atoms with Gasteiger partial charge in [0.1, 0.15) is 28.9 Å². The average Bonchev–Trinajstić information content (AvgIpc) is 2.98. The first kappa shape index (κ1) is 15.6. The van der Waals surface area contributed by atoms with Gasteiger partial charge in [0.25, 0.3) is 0 Å². The Labute approximate surface area is 128 Å². The molecule has 0 spiro atoms. The molecular weight excluding hydrogens is 288 g/mol. The Morgan fingerprint density at radius 3 is 2.38 bits per heavy atom. The van der Waals surface area contributed by atoms with Crippen LogP contribution in [0.5, 0.6) is 17.2 Å². The molecule has 1 aromatic carbocycles. The van der Waals surface area contributed by atoms with E-state index in [1.54, 1.807) is 25.6 Å². The molecule has 0 saturated carbocycles. The van der Waals surface area contributed by atoms with Crippen LogP contribution < -0.4 is 19.5 Å². The van der Waals surface area contributed by atoms with E-state index in [4.69, 9.17) is 14.2 Å². The minimum Gasteiger partial charge on any atom is -0.496 e. The van der Waals surface area contributed by atoms with Gasteiger partial charge in [0.2, 0.25) is 0 Å². The number of methoxy groups -OCH3 is 2. The normalized spacial score (nSPS) is 10.4. The fraction of sp³-hybridized carbons (Fsp3) is 0.400. The van der Waals surface area contributed by atoms with Crippen LogP contribution in [0.1, 0.15) is 17.6 Å². The van der Waals surface area contributed by atoms with Gasteiger partial charge in [-0.3, -0.25) is 0 Å². The first-order valence-corrected chi connectivity index (χ1v) is 7.63. The highest BCUT2D eigenvalue weighted by atomic mass is 32.1. The van der Waals surface area contributed by atoms with Crippen LogP contribution in [0.4, 0.5) is 0 Å². The van der Waals surface area contributed by atoms with Gasteiger partial charge >= 0.3 is 0 Å². The molecule has 6 heteroatoms. The van der Waals surface area contributed by atoms with Crippen LogP contribution in [0.2, 0.25) is 0 Å². The van der Waals surface area contributed by atoms with Crippen molar-refractivity contribution >= 4 is 11.3 Å². The summed E-state index contributed by atoms with van der Waals surface area (Å²) in [5.74, 6) is 2.11. The second-order valence-corrected chi connectivity index (χ2v) is 5.29. The third-order valence-electron chi connectivity index (χ3n) is 2.84. The molecule has 0 atom stereocenters. The molecule has 0 bridgehead atoms. The molecule has 0 amide bonds. The zero-order chi connectivity index (χ0) is 15.1. The maximum Gasteiger partial charge on any atom is 0.131 e. The molecule has 0 aliphatic carbocycles. The molecule has 0 fully saturated rings. The van der Waals surface area contributed by atoms with Crippen LogP contribution >= 0.6 is 11.3 Å². The molecule has 1 heterocycles. The second kappa shape index (κ2) is 7.85. The van der Waals surface area contributed by atoms with Gasteiger partial charge in [0.05, 0.1) is 19.9 Å². The summed E-state index contributed by atoms with van der Waals surface area (Å²) in [4.78, 5) is 4.52. The third kappa shape index (κ3) is 4.61. The van der Waals surface area contributed by atoms with Crippen molar-refractivity contribution in [1.82, 2.24) is 10.3 Å². The summed E-state index contributed by atoms with van der Waals surface area (Å²) in [5.41, 5.74) is 0.926. The zero-order valence-corrected chi connectivity index (χ0v) is 13.3. The van der Waals surface area contributed by atoms with Crippen LogP contribution in [-0.4, -0.2) is 25.7 Å². The summed E-state index contributed by atoms with van der Waals surface area (Å²) in [6.45, 7) is 4.25. The lowest BCUT2D eigenvalue weighted by Crippen LogP contribution is -2.11. The van der Waals surface area contributed by atoms with E-state index in [1.165, 1.54) is 0 Å². The smallest absolute Gasteiger partial charge is 0.131 e. The molecule has 5 nitrogen and oxygen atoms in total. The quantitative estimate of drug-likeness (QED) is 0.812. The summed E-state index contributed by atoms with van der Waals surface area (Å²) in [7, 11) is 3.23. The minimum absolute atomic E-state index is 0.430. The Balaban J connectivity index is 1.97. The number of aromatic nitrogens is 1. The summed E-state index contributed by atoms with van der Waals surface area (Å²) in [6, 6.07) is 5.47. The maximum atomic E-state index is 5.76. The van der Waals surface area contributed by atoms with E-state index in [0.717, 1.165) is 23.8 Å². The number of thiazole rings is 1. The van der Waals surface area contributed by atoms with Crippen LogP contribution in [-0.2, 0) is 13.2 Å². The van der Waals surface area contributed by atoms with Crippen LogP contribution in [0.15, 0.2) is 23.6 Å². The molecule has 0 radical (unpaired) electrons. The predicted octanol–water partition coefficient (Wildman–Crippen LogP) is 2.85. The van der Waals surface area contributed by atoms with E-state index in [9.17, 15) is 0 Å². The summed E-state index contributed by atoms with van der Waals surface area (Å²) in [6.07, 6.45) is 0. The number of rotatable bonds is 8. The van der Waals surface area contributed by atoms with Crippen LogP contribution in [0.3, 0.4) is 0 Å². The standard InChI is InChI=1S/C15H20N2O3S/c1-4-16-8-15-17-11(10-21-15)9-20-14-6-12(18-2)5-13(7-14)19-3/h5-7,10,16H,4,8-9H2,1-3H3. The summed E-state index contributed by atoms with van der Waals surface area (Å²) < 4.78 is 16.2. The Morgan fingerprint density at radius 2 is 1.76 bits per heavy atom. The Bertz CT molecular complexity index is 550. The van der Waals surface area contributed by atoms with Gasteiger partial charge in [0.15, 0.2) is 0 Å². The minimum atomic E-state index is 0.430. The summed E-state index contributed by atoms with van der Waals surface area (Å²) >= 11 is 1.64. The van der Waals surface area contributed by atoms with E-state index in [1.807, 2.05) is 23.6 Å². The molecule has 1 N–H and O–H groups in total. The van der Waals surface area contributed by atoms with Crippen molar-refractivity contribution in [2.75, 3.05) is 20.8 Å². The highest BCUT2D eigenvalue weighted by Crippen LogP contribution is 2.28. The Hall–Kier alpha value is -1.79. The largest absolute Gasteiger partial charge is 0.496 e. The lowest BCUT2D eigenvalue weighted by molar-refractivity contribution is 0.296. The molecule has 0 unspecified atom stereocenters. The monoisotopic (exact) mass is 308 g/mol. The van der Waals surface area contributed by atoms with Crippen molar-refractivity contribution in [3.8, 4) is 17.2 Å². The van der Waals surface area contributed by atoms with E-state index < -0.39 is 0 Å². The fourth-order valence-electron chi connectivity index (χ4n) is 1.75.